The van der Waals surface area contributed by atoms with Gasteiger partial charge in [0.2, 0.25) is 0 Å². The molecule has 1 amide bonds. The number of furan rings is 1. The largest absolute Gasteiger partial charge is 0.459 e. The molecule has 1 aliphatic heterocycles. The van der Waals surface area contributed by atoms with Crippen LogP contribution in [0.15, 0.2) is 35.5 Å². The van der Waals surface area contributed by atoms with Gasteiger partial charge in [-0.15, -0.1) is 6.58 Å². The molecule has 17 heavy (non-hydrogen) atoms. The average Bonchev–Trinajstić information content (AvgIpc) is 2.76. The monoisotopic (exact) mass is 234 g/mol. The Kier molecular flexibility index (Phi) is 3.98. The van der Waals surface area contributed by atoms with Crippen LogP contribution in [0.4, 0.5) is 0 Å². The lowest BCUT2D eigenvalue weighted by atomic mass is 10.3. The van der Waals surface area contributed by atoms with Crippen LogP contribution in [-0.2, 0) is 0 Å². The third kappa shape index (κ3) is 2.97. The van der Waals surface area contributed by atoms with E-state index in [9.17, 15) is 4.79 Å². The van der Waals surface area contributed by atoms with E-state index in [1.54, 1.807) is 12.1 Å². The van der Waals surface area contributed by atoms with Crippen molar-refractivity contribution in [2.45, 2.75) is 6.42 Å². The van der Waals surface area contributed by atoms with E-state index in [2.05, 4.69) is 11.5 Å². The second-order valence-electron chi connectivity index (χ2n) is 4.21. The van der Waals surface area contributed by atoms with E-state index in [0.717, 1.165) is 39.1 Å². The van der Waals surface area contributed by atoms with Crippen LogP contribution in [0.2, 0.25) is 0 Å². The quantitative estimate of drug-likeness (QED) is 0.746. The molecule has 0 atom stereocenters. The van der Waals surface area contributed by atoms with E-state index in [1.165, 1.54) is 6.26 Å². The van der Waals surface area contributed by atoms with Crippen LogP contribution in [0.1, 0.15) is 17.0 Å². The molecule has 0 aromatic carbocycles. The average molecular weight is 234 g/mol. The lowest BCUT2D eigenvalue weighted by Gasteiger charge is -2.20. The van der Waals surface area contributed by atoms with Gasteiger partial charge in [0.05, 0.1) is 6.26 Å². The first-order valence-corrected chi connectivity index (χ1v) is 5.97. The molecule has 1 fully saturated rings. The minimum atomic E-state index is -0.00421. The van der Waals surface area contributed by atoms with Crippen LogP contribution in [0, 0.1) is 0 Å². The first-order chi connectivity index (χ1) is 8.31. The van der Waals surface area contributed by atoms with E-state index in [0.29, 0.717) is 5.76 Å². The van der Waals surface area contributed by atoms with Gasteiger partial charge in [0.1, 0.15) is 0 Å². The molecule has 0 saturated carbocycles. The highest BCUT2D eigenvalue weighted by molar-refractivity contribution is 5.91. The molecule has 1 saturated heterocycles. The van der Waals surface area contributed by atoms with Crippen LogP contribution >= 0.6 is 0 Å². The van der Waals surface area contributed by atoms with Crippen molar-refractivity contribution >= 4 is 5.91 Å². The maximum atomic E-state index is 12.1. The Morgan fingerprint density at radius 2 is 2.29 bits per heavy atom. The van der Waals surface area contributed by atoms with Crippen LogP contribution < -0.4 is 0 Å². The molecule has 0 aliphatic carbocycles. The Morgan fingerprint density at radius 1 is 1.41 bits per heavy atom. The summed E-state index contributed by atoms with van der Waals surface area (Å²) in [5.74, 6) is 0.428. The van der Waals surface area contributed by atoms with E-state index in [4.69, 9.17) is 4.42 Å². The molecule has 0 bridgehead atoms. The number of rotatable bonds is 3. The van der Waals surface area contributed by atoms with Gasteiger partial charge < -0.3 is 9.32 Å². The van der Waals surface area contributed by atoms with E-state index < -0.39 is 0 Å². The van der Waals surface area contributed by atoms with Gasteiger partial charge in [0.25, 0.3) is 5.91 Å². The zero-order valence-electron chi connectivity index (χ0n) is 9.97. The Morgan fingerprint density at radius 3 is 3.00 bits per heavy atom. The second kappa shape index (κ2) is 5.68. The molecule has 1 aliphatic rings. The zero-order chi connectivity index (χ0) is 12.1. The van der Waals surface area contributed by atoms with Crippen LogP contribution in [-0.4, -0.2) is 48.4 Å². The van der Waals surface area contributed by atoms with Gasteiger partial charge in [-0.05, 0) is 18.6 Å². The first-order valence-electron chi connectivity index (χ1n) is 5.97. The Hall–Kier alpha value is -1.55. The van der Waals surface area contributed by atoms with Gasteiger partial charge in [0, 0.05) is 32.7 Å². The molecule has 92 valence electrons. The summed E-state index contributed by atoms with van der Waals surface area (Å²) < 4.78 is 5.14. The minimum Gasteiger partial charge on any atom is -0.459 e. The summed E-state index contributed by atoms with van der Waals surface area (Å²) in [6.07, 6.45) is 4.44. The van der Waals surface area contributed by atoms with Gasteiger partial charge >= 0.3 is 0 Å². The summed E-state index contributed by atoms with van der Waals surface area (Å²) in [6.45, 7) is 8.11. The molecular weight excluding hydrogens is 216 g/mol. The normalized spacial score (nSPS) is 17.8. The van der Waals surface area contributed by atoms with Crippen molar-refractivity contribution in [1.29, 1.82) is 0 Å². The molecule has 2 heterocycles. The van der Waals surface area contributed by atoms with Crippen molar-refractivity contribution in [3.05, 3.63) is 36.8 Å². The Bertz CT molecular complexity index is 373. The molecule has 0 spiro atoms. The fraction of sp³-hybridized carbons (Fsp3) is 0.462. The third-order valence-electron chi connectivity index (χ3n) is 2.99. The van der Waals surface area contributed by atoms with Crippen LogP contribution in [0.5, 0.6) is 0 Å². The summed E-state index contributed by atoms with van der Waals surface area (Å²) in [5, 5.41) is 0. The Balaban J connectivity index is 1.94. The molecule has 2 rings (SSSR count). The van der Waals surface area contributed by atoms with Gasteiger partial charge in [0.15, 0.2) is 5.76 Å². The fourth-order valence-electron chi connectivity index (χ4n) is 2.10. The van der Waals surface area contributed by atoms with Crippen LogP contribution in [0.25, 0.3) is 0 Å². The van der Waals surface area contributed by atoms with Crippen molar-refractivity contribution in [1.82, 2.24) is 9.80 Å². The van der Waals surface area contributed by atoms with Gasteiger partial charge in [-0.25, -0.2) is 0 Å². The lowest BCUT2D eigenvalue weighted by molar-refractivity contribution is 0.0730. The number of carbonyl (C=O) groups excluding carboxylic acids is 1. The van der Waals surface area contributed by atoms with Gasteiger partial charge in [-0.3, -0.25) is 9.69 Å². The Labute approximate surface area is 101 Å². The van der Waals surface area contributed by atoms with Crippen molar-refractivity contribution in [3.8, 4) is 0 Å². The fourth-order valence-corrected chi connectivity index (χ4v) is 2.10. The molecule has 0 N–H and O–H groups in total. The molecule has 0 unspecified atom stereocenters. The van der Waals surface area contributed by atoms with Crippen molar-refractivity contribution in [2.75, 3.05) is 32.7 Å². The molecule has 1 aromatic heterocycles. The summed E-state index contributed by atoms with van der Waals surface area (Å²) >= 11 is 0. The number of carbonyl (C=O) groups is 1. The second-order valence-corrected chi connectivity index (χ2v) is 4.21. The van der Waals surface area contributed by atoms with Gasteiger partial charge in [-0.2, -0.15) is 0 Å². The van der Waals surface area contributed by atoms with Crippen molar-refractivity contribution < 1.29 is 9.21 Å². The maximum absolute atomic E-state index is 12.1. The number of nitrogens with zero attached hydrogens (tertiary/aromatic N) is 2. The molecule has 1 aromatic rings. The molecule has 4 nitrogen and oxygen atoms in total. The van der Waals surface area contributed by atoms with Crippen LogP contribution in [0.3, 0.4) is 0 Å². The minimum absolute atomic E-state index is 0.00421. The number of amides is 1. The maximum Gasteiger partial charge on any atom is 0.289 e. The number of hydrogen-bond donors (Lipinski definition) is 0. The molecule has 4 heteroatoms. The third-order valence-corrected chi connectivity index (χ3v) is 2.99. The summed E-state index contributed by atoms with van der Waals surface area (Å²) in [6, 6.07) is 3.46. The predicted molar refractivity (Wildman–Crippen MR) is 65.9 cm³/mol. The molecule has 0 radical (unpaired) electrons. The van der Waals surface area contributed by atoms with Crippen molar-refractivity contribution in [2.24, 2.45) is 0 Å². The zero-order valence-corrected chi connectivity index (χ0v) is 9.97. The van der Waals surface area contributed by atoms with E-state index in [-0.39, 0.29) is 5.91 Å². The SMILES string of the molecule is C=CCN1CCCN(C(=O)c2ccco2)CC1. The lowest BCUT2D eigenvalue weighted by Crippen LogP contribution is -2.35. The molecular formula is C13H18N2O2. The van der Waals surface area contributed by atoms with E-state index in [1.807, 2.05) is 11.0 Å². The summed E-state index contributed by atoms with van der Waals surface area (Å²) in [7, 11) is 0. The first kappa shape index (κ1) is 11.9. The highest BCUT2D eigenvalue weighted by atomic mass is 16.3. The smallest absolute Gasteiger partial charge is 0.289 e. The summed E-state index contributed by atoms with van der Waals surface area (Å²) in [5.41, 5.74) is 0. The highest BCUT2D eigenvalue weighted by Crippen LogP contribution is 2.09. The van der Waals surface area contributed by atoms with Crippen molar-refractivity contribution in [3.63, 3.8) is 0 Å². The van der Waals surface area contributed by atoms with Gasteiger partial charge in [-0.1, -0.05) is 6.08 Å². The van der Waals surface area contributed by atoms with E-state index >= 15 is 0 Å². The topological polar surface area (TPSA) is 36.7 Å². The standard InChI is InChI=1S/C13H18N2O2/c1-2-6-14-7-4-8-15(10-9-14)13(16)12-5-3-11-17-12/h2-3,5,11H,1,4,6-10H2. The predicted octanol–water partition coefficient (Wildman–Crippen LogP) is 1.61. The number of hydrogen-bond acceptors (Lipinski definition) is 3. The highest BCUT2D eigenvalue weighted by Gasteiger charge is 2.21. The summed E-state index contributed by atoms with van der Waals surface area (Å²) in [4.78, 5) is 16.2.